The lowest BCUT2D eigenvalue weighted by Crippen LogP contribution is -2.18. The molecule has 0 atom stereocenters. The van der Waals surface area contributed by atoms with Gasteiger partial charge in [0.1, 0.15) is 6.61 Å². The minimum absolute atomic E-state index is 0.236. The Hall–Kier alpha value is -0.650. The molecule has 8 heavy (non-hydrogen) atoms. The zero-order valence-electron chi connectivity index (χ0n) is 4.16. The Labute approximate surface area is 45.9 Å². The van der Waals surface area contributed by atoms with Crippen LogP contribution in [-0.4, -0.2) is 24.6 Å². The number of amides is 1. The number of carbonyl (C=O) groups is 1. The van der Waals surface area contributed by atoms with Crippen molar-refractivity contribution in [1.82, 2.24) is 0 Å². The van der Waals surface area contributed by atoms with Crippen LogP contribution in [0.5, 0.6) is 0 Å². The van der Waals surface area contributed by atoms with Gasteiger partial charge in [0.25, 0.3) is 0 Å². The summed E-state index contributed by atoms with van der Waals surface area (Å²) < 4.78 is 4.30. The summed E-state index contributed by atoms with van der Waals surface area (Å²) in [5.74, 6) is -0.595. The molecule has 0 aromatic heterocycles. The Kier molecular flexibility index (Phi) is 4.14. The van der Waals surface area contributed by atoms with Gasteiger partial charge in [0, 0.05) is 0 Å². The molecule has 0 bridgehead atoms. The van der Waals surface area contributed by atoms with Gasteiger partial charge in [0.05, 0.1) is 0 Å². The maximum absolute atomic E-state index is 9.83. The van der Waals surface area contributed by atoms with Crippen molar-refractivity contribution in [3.8, 4) is 0 Å². The summed E-state index contributed by atoms with van der Waals surface area (Å²) in [6.07, 6.45) is 0. The highest BCUT2D eigenvalue weighted by atomic mass is 17.1. The predicted molar refractivity (Wildman–Crippen MR) is 23.7 cm³/mol. The van der Waals surface area contributed by atoms with Crippen molar-refractivity contribution in [1.29, 1.82) is 0 Å². The highest BCUT2D eigenvalue weighted by molar-refractivity contribution is 5.74. The first-order valence-corrected chi connectivity index (χ1v) is 1.89. The van der Waals surface area contributed by atoms with E-state index in [-0.39, 0.29) is 13.4 Å². The van der Waals surface area contributed by atoms with Gasteiger partial charge in [0.2, 0.25) is 5.91 Å². The normalized spacial score (nSPS) is 9.12. The average molecular weight is 121 g/mol. The van der Waals surface area contributed by atoms with Crippen LogP contribution in [-0.2, 0) is 14.4 Å². The van der Waals surface area contributed by atoms with E-state index in [0.29, 0.717) is 0 Å². The zero-order valence-corrected chi connectivity index (χ0v) is 4.16. The molecule has 0 spiro atoms. The van der Waals surface area contributed by atoms with Crippen molar-refractivity contribution >= 4 is 5.91 Å². The molecule has 0 aliphatic carbocycles. The maximum Gasteiger partial charge on any atom is 0.243 e. The fourth-order valence-electron chi connectivity index (χ4n) is 0.180. The summed E-state index contributed by atoms with van der Waals surface area (Å²) >= 11 is 0. The van der Waals surface area contributed by atoms with Gasteiger partial charge in [-0.05, 0) is 0 Å². The molecular formula is C3H7NO4. The summed E-state index contributed by atoms with van der Waals surface area (Å²) in [4.78, 5) is 13.3. The van der Waals surface area contributed by atoms with E-state index in [1.807, 2.05) is 0 Å². The van der Waals surface area contributed by atoms with Gasteiger partial charge < -0.3 is 10.5 Å². The molecule has 0 aromatic rings. The molecule has 3 N–H and O–H groups in total. The standard InChI is InChI=1S/C3H7NO4/c4-3(5)1-7-2-8-6/h6H,1-2H2,(H2,4,5). The molecular weight excluding hydrogens is 114 g/mol. The first-order valence-electron chi connectivity index (χ1n) is 1.89. The summed E-state index contributed by atoms with van der Waals surface area (Å²) in [5.41, 5.74) is 4.63. The molecule has 5 heteroatoms. The first kappa shape index (κ1) is 7.35. The van der Waals surface area contributed by atoms with Crippen molar-refractivity contribution in [2.45, 2.75) is 0 Å². The number of nitrogens with two attached hydrogens (primary N) is 1. The molecule has 0 aliphatic rings. The van der Waals surface area contributed by atoms with Gasteiger partial charge in [0.15, 0.2) is 6.79 Å². The summed E-state index contributed by atoms with van der Waals surface area (Å²) in [6, 6.07) is 0. The highest BCUT2D eigenvalue weighted by Crippen LogP contribution is 1.70. The Morgan fingerprint density at radius 3 is 2.75 bits per heavy atom. The lowest BCUT2D eigenvalue weighted by molar-refractivity contribution is -0.294. The van der Waals surface area contributed by atoms with E-state index in [1.54, 1.807) is 0 Å². The number of hydrogen-bond acceptors (Lipinski definition) is 4. The van der Waals surface area contributed by atoms with Crippen LogP contribution in [0, 0.1) is 0 Å². The fourth-order valence-corrected chi connectivity index (χ4v) is 0.180. The third-order valence-electron chi connectivity index (χ3n) is 0.380. The van der Waals surface area contributed by atoms with Crippen LogP contribution in [0.15, 0.2) is 0 Å². The van der Waals surface area contributed by atoms with Crippen molar-refractivity contribution in [2.75, 3.05) is 13.4 Å². The van der Waals surface area contributed by atoms with Gasteiger partial charge in [-0.3, -0.25) is 4.79 Å². The molecule has 48 valence electrons. The molecule has 0 heterocycles. The molecule has 5 nitrogen and oxygen atoms in total. The number of primary amides is 1. The van der Waals surface area contributed by atoms with Crippen LogP contribution in [0.2, 0.25) is 0 Å². The fraction of sp³-hybridized carbons (Fsp3) is 0.667. The van der Waals surface area contributed by atoms with Gasteiger partial charge in [-0.1, -0.05) is 0 Å². The van der Waals surface area contributed by atoms with Crippen LogP contribution < -0.4 is 5.73 Å². The van der Waals surface area contributed by atoms with E-state index >= 15 is 0 Å². The smallest absolute Gasteiger partial charge is 0.243 e. The molecule has 0 saturated carbocycles. The maximum atomic E-state index is 9.83. The zero-order chi connectivity index (χ0) is 6.41. The van der Waals surface area contributed by atoms with Gasteiger partial charge in [-0.25, -0.2) is 10.1 Å². The number of hydrogen-bond donors (Lipinski definition) is 2. The number of ether oxygens (including phenoxy) is 1. The van der Waals surface area contributed by atoms with Gasteiger partial charge in [-0.2, -0.15) is 0 Å². The van der Waals surface area contributed by atoms with Gasteiger partial charge >= 0.3 is 0 Å². The second kappa shape index (κ2) is 4.51. The van der Waals surface area contributed by atoms with Crippen LogP contribution in [0.1, 0.15) is 0 Å². The third-order valence-corrected chi connectivity index (χ3v) is 0.380. The highest BCUT2D eigenvalue weighted by Gasteiger charge is 1.90. The molecule has 0 radical (unpaired) electrons. The number of rotatable bonds is 4. The van der Waals surface area contributed by atoms with E-state index in [9.17, 15) is 4.79 Å². The van der Waals surface area contributed by atoms with Crippen molar-refractivity contribution < 1.29 is 19.7 Å². The van der Waals surface area contributed by atoms with Crippen LogP contribution >= 0.6 is 0 Å². The minimum Gasteiger partial charge on any atom is -0.368 e. The predicted octanol–water partition coefficient (Wildman–Crippen LogP) is -1.06. The molecule has 0 aromatic carbocycles. The SMILES string of the molecule is NC(=O)COCOO. The van der Waals surface area contributed by atoms with Crippen molar-refractivity contribution in [3.63, 3.8) is 0 Å². The molecule has 1 amide bonds. The van der Waals surface area contributed by atoms with E-state index in [2.05, 4.69) is 15.4 Å². The van der Waals surface area contributed by atoms with E-state index in [4.69, 9.17) is 5.26 Å². The molecule has 0 unspecified atom stereocenters. The first-order chi connectivity index (χ1) is 3.77. The average Bonchev–Trinajstić information content (AvgIpc) is 1.66. The summed E-state index contributed by atoms with van der Waals surface area (Å²) in [5, 5.41) is 7.60. The van der Waals surface area contributed by atoms with Gasteiger partial charge in [-0.15, -0.1) is 0 Å². The largest absolute Gasteiger partial charge is 0.368 e. The second-order valence-corrected chi connectivity index (χ2v) is 1.06. The van der Waals surface area contributed by atoms with Crippen molar-refractivity contribution in [2.24, 2.45) is 5.73 Å². The summed E-state index contributed by atoms with van der Waals surface area (Å²) in [7, 11) is 0. The molecule has 0 aliphatic heterocycles. The minimum atomic E-state index is -0.595. The van der Waals surface area contributed by atoms with Crippen LogP contribution in [0.3, 0.4) is 0 Å². The van der Waals surface area contributed by atoms with E-state index < -0.39 is 5.91 Å². The number of carbonyl (C=O) groups excluding carboxylic acids is 1. The van der Waals surface area contributed by atoms with E-state index in [1.165, 1.54) is 0 Å². The second-order valence-electron chi connectivity index (χ2n) is 1.06. The Bertz CT molecular complexity index is 73.7. The molecule has 0 fully saturated rings. The quantitative estimate of drug-likeness (QED) is 0.215. The van der Waals surface area contributed by atoms with E-state index in [0.717, 1.165) is 0 Å². The Balaban J connectivity index is 2.82. The Morgan fingerprint density at radius 1 is 1.75 bits per heavy atom. The van der Waals surface area contributed by atoms with Crippen LogP contribution in [0.25, 0.3) is 0 Å². The summed E-state index contributed by atoms with van der Waals surface area (Å²) in [6.45, 7) is -0.566. The third kappa shape index (κ3) is 5.35. The van der Waals surface area contributed by atoms with Crippen LogP contribution in [0.4, 0.5) is 0 Å². The Morgan fingerprint density at radius 2 is 2.38 bits per heavy atom. The molecule has 0 rings (SSSR count). The monoisotopic (exact) mass is 121 g/mol. The lowest BCUT2D eigenvalue weighted by atomic mass is 10.7. The molecule has 0 saturated heterocycles. The lowest BCUT2D eigenvalue weighted by Gasteiger charge is -1.94. The topological polar surface area (TPSA) is 81.8 Å². The van der Waals surface area contributed by atoms with Crippen molar-refractivity contribution in [3.05, 3.63) is 0 Å².